The van der Waals surface area contributed by atoms with E-state index in [4.69, 9.17) is 0 Å². The molecule has 2 aliphatic rings. The summed E-state index contributed by atoms with van der Waals surface area (Å²) in [5.74, 6) is 0.811. The van der Waals surface area contributed by atoms with Gasteiger partial charge in [-0.15, -0.1) is 0 Å². The second-order valence-electron chi connectivity index (χ2n) is 7.69. The molecule has 0 aliphatic carbocycles. The molecule has 2 unspecified atom stereocenters. The van der Waals surface area contributed by atoms with Crippen LogP contribution in [0.2, 0.25) is 0 Å². The highest BCUT2D eigenvalue weighted by molar-refractivity contribution is 5.89. The quantitative estimate of drug-likeness (QED) is 0.851. The molecule has 26 heavy (non-hydrogen) atoms. The maximum atomic E-state index is 12.9. The fraction of sp³-hybridized carbons (Fsp3) is 0.619. The van der Waals surface area contributed by atoms with Gasteiger partial charge in [0.15, 0.2) is 0 Å². The predicted octanol–water partition coefficient (Wildman–Crippen LogP) is 2.44. The van der Waals surface area contributed by atoms with E-state index in [0.29, 0.717) is 18.9 Å². The molecule has 0 radical (unpaired) electrons. The van der Waals surface area contributed by atoms with E-state index in [1.54, 1.807) is 0 Å². The highest BCUT2D eigenvalue weighted by Gasteiger charge is 2.39. The lowest BCUT2D eigenvalue weighted by molar-refractivity contribution is -0.137. The Hall–Kier alpha value is -1.88. The van der Waals surface area contributed by atoms with Crippen molar-refractivity contribution >= 4 is 11.8 Å². The number of amides is 2. The smallest absolute Gasteiger partial charge is 0.227 e. The Balaban J connectivity index is 1.54. The number of carbonyl (C=O) groups excluding carboxylic acids is 2. The van der Waals surface area contributed by atoms with E-state index in [0.717, 1.165) is 38.0 Å². The van der Waals surface area contributed by atoms with Gasteiger partial charge in [0.2, 0.25) is 11.8 Å². The average Bonchev–Trinajstić information content (AvgIpc) is 3.08. The average molecular weight is 357 g/mol. The molecule has 142 valence electrons. The number of carbonyl (C=O) groups is 2. The maximum Gasteiger partial charge on any atom is 0.227 e. The summed E-state index contributed by atoms with van der Waals surface area (Å²) < 4.78 is 0. The topological polar surface area (TPSA) is 52.7 Å². The SMILES string of the molecule is CNCCC1CCN(C(=O)C2CC(=O)N(C(C)c3ccccc3)C2)CC1. The van der Waals surface area contributed by atoms with Gasteiger partial charge in [0.1, 0.15) is 0 Å². The van der Waals surface area contributed by atoms with Gasteiger partial charge in [0.05, 0.1) is 12.0 Å². The van der Waals surface area contributed by atoms with Crippen molar-refractivity contribution in [2.45, 2.75) is 38.6 Å². The van der Waals surface area contributed by atoms with Crippen LogP contribution in [0, 0.1) is 11.8 Å². The van der Waals surface area contributed by atoms with Gasteiger partial charge in [-0.3, -0.25) is 9.59 Å². The Morgan fingerprint density at radius 3 is 2.58 bits per heavy atom. The zero-order valence-corrected chi connectivity index (χ0v) is 16.0. The fourth-order valence-electron chi connectivity index (χ4n) is 4.23. The van der Waals surface area contributed by atoms with Crippen molar-refractivity contribution in [2.75, 3.05) is 33.2 Å². The molecule has 3 rings (SSSR count). The molecule has 2 saturated heterocycles. The Labute approximate surface area is 156 Å². The minimum atomic E-state index is -0.178. The Morgan fingerprint density at radius 2 is 1.92 bits per heavy atom. The van der Waals surface area contributed by atoms with E-state index in [1.165, 1.54) is 6.42 Å². The lowest BCUT2D eigenvalue weighted by atomic mass is 9.92. The van der Waals surface area contributed by atoms with Crippen LogP contribution >= 0.6 is 0 Å². The Bertz CT molecular complexity index is 611. The summed E-state index contributed by atoms with van der Waals surface area (Å²) in [4.78, 5) is 29.3. The van der Waals surface area contributed by atoms with Crippen molar-refractivity contribution in [3.8, 4) is 0 Å². The van der Waals surface area contributed by atoms with Gasteiger partial charge in [0, 0.05) is 26.1 Å². The highest BCUT2D eigenvalue weighted by atomic mass is 16.2. The molecular weight excluding hydrogens is 326 g/mol. The first kappa shape index (κ1) is 18.9. The van der Waals surface area contributed by atoms with Crippen LogP contribution in [0.1, 0.15) is 44.2 Å². The van der Waals surface area contributed by atoms with E-state index in [1.807, 2.05) is 54.1 Å². The molecule has 2 heterocycles. The molecule has 5 nitrogen and oxygen atoms in total. The largest absolute Gasteiger partial charge is 0.342 e. The number of hydrogen-bond donors (Lipinski definition) is 1. The molecule has 0 saturated carbocycles. The van der Waals surface area contributed by atoms with Gasteiger partial charge in [-0.2, -0.15) is 0 Å². The summed E-state index contributed by atoms with van der Waals surface area (Å²) in [6.45, 7) is 5.32. The highest BCUT2D eigenvalue weighted by Crippen LogP contribution is 2.30. The minimum Gasteiger partial charge on any atom is -0.342 e. The van der Waals surface area contributed by atoms with Crippen LogP contribution < -0.4 is 5.32 Å². The van der Waals surface area contributed by atoms with Gasteiger partial charge in [-0.25, -0.2) is 0 Å². The molecule has 2 atom stereocenters. The van der Waals surface area contributed by atoms with Crippen molar-refractivity contribution in [1.82, 2.24) is 15.1 Å². The van der Waals surface area contributed by atoms with Gasteiger partial charge in [-0.05, 0) is 51.3 Å². The molecule has 1 aromatic carbocycles. The summed E-state index contributed by atoms with van der Waals surface area (Å²) in [6.07, 6.45) is 3.70. The molecule has 1 aromatic rings. The monoisotopic (exact) mass is 357 g/mol. The van der Waals surface area contributed by atoms with E-state index in [-0.39, 0.29) is 23.8 Å². The van der Waals surface area contributed by atoms with Gasteiger partial charge in [0.25, 0.3) is 0 Å². The summed E-state index contributed by atoms with van der Waals surface area (Å²) in [6, 6.07) is 10.1. The van der Waals surface area contributed by atoms with E-state index < -0.39 is 0 Å². The number of rotatable bonds is 6. The first-order chi connectivity index (χ1) is 12.6. The predicted molar refractivity (Wildman–Crippen MR) is 103 cm³/mol. The number of benzene rings is 1. The van der Waals surface area contributed by atoms with Crippen LogP contribution in [-0.4, -0.2) is 54.8 Å². The summed E-state index contributed by atoms with van der Waals surface area (Å²) in [7, 11) is 1.98. The number of likely N-dealkylation sites (tertiary alicyclic amines) is 2. The van der Waals surface area contributed by atoms with Gasteiger partial charge in [-0.1, -0.05) is 30.3 Å². The van der Waals surface area contributed by atoms with Crippen LogP contribution in [0.25, 0.3) is 0 Å². The Morgan fingerprint density at radius 1 is 1.23 bits per heavy atom. The number of nitrogens with one attached hydrogen (secondary N) is 1. The van der Waals surface area contributed by atoms with Crippen molar-refractivity contribution in [3.05, 3.63) is 35.9 Å². The second kappa shape index (κ2) is 8.67. The van der Waals surface area contributed by atoms with Gasteiger partial charge >= 0.3 is 0 Å². The zero-order chi connectivity index (χ0) is 18.5. The molecule has 2 fully saturated rings. The molecule has 2 aliphatic heterocycles. The molecule has 5 heteroatoms. The molecule has 0 aromatic heterocycles. The van der Waals surface area contributed by atoms with Crippen molar-refractivity contribution in [3.63, 3.8) is 0 Å². The third kappa shape index (κ3) is 4.26. The molecule has 0 bridgehead atoms. The number of hydrogen-bond acceptors (Lipinski definition) is 3. The third-order valence-electron chi connectivity index (χ3n) is 5.99. The van der Waals surface area contributed by atoms with Crippen LogP contribution in [0.4, 0.5) is 0 Å². The molecule has 2 amide bonds. The first-order valence-electron chi connectivity index (χ1n) is 9.88. The second-order valence-corrected chi connectivity index (χ2v) is 7.69. The maximum absolute atomic E-state index is 12.9. The van der Waals surface area contributed by atoms with E-state index >= 15 is 0 Å². The van der Waals surface area contributed by atoms with Crippen LogP contribution in [-0.2, 0) is 9.59 Å². The van der Waals surface area contributed by atoms with Crippen LogP contribution in [0.3, 0.4) is 0 Å². The van der Waals surface area contributed by atoms with Crippen molar-refractivity contribution in [1.29, 1.82) is 0 Å². The first-order valence-corrected chi connectivity index (χ1v) is 9.88. The molecule has 1 N–H and O–H groups in total. The summed E-state index contributed by atoms with van der Waals surface area (Å²) in [5.41, 5.74) is 1.12. The number of piperidine rings is 1. The fourth-order valence-corrected chi connectivity index (χ4v) is 4.23. The molecule has 0 spiro atoms. The van der Waals surface area contributed by atoms with E-state index in [9.17, 15) is 9.59 Å². The normalized spacial score (nSPS) is 22.7. The summed E-state index contributed by atoms with van der Waals surface area (Å²) in [5, 5.41) is 3.20. The van der Waals surface area contributed by atoms with Crippen molar-refractivity contribution in [2.24, 2.45) is 11.8 Å². The summed E-state index contributed by atoms with van der Waals surface area (Å²) >= 11 is 0. The number of nitrogens with zero attached hydrogens (tertiary/aromatic N) is 2. The standard InChI is InChI=1S/C21H31N3O2/c1-16(18-6-4-3-5-7-18)24-15-19(14-20(24)25)21(26)23-12-9-17(10-13-23)8-11-22-2/h3-7,16-17,19,22H,8-15H2,1-2H3. The zero-order valence-electron chi connectivity index (χ0n) is 16.0. The molecular formula is C21H31N3O2. The lowest BCUT2D eigenvalue weighted by Crippen LogP contribution is -2.42. The van der Waals surface area contributed by atoms with E-state index in [2.05, 4.69) is 5.32 Å². The van der Waals surface area contributed by atoms with Gasteiger partial charge < -0.3 is 15.1 Å². The third-order valence-corrected chi connectivity index (χ3v) is 5.99. The minimum absolute atomic E-state index is 0.0220. The van der Waals surface area contributed by atoms with Crippen LogP contribution in [0.5, 0.6) is 0 Å². The Kier molecular flexibility index (Phi) is 6.30. The lowest BCUT2D eigenvalue weighted by Gasteiger charge is -2.33. The van der Waals surface area contributed by atoms with Crippen molar-refractivity contribution < 1.29 is 9.59 Å². The van der Waals surface area contributed by atoms with Crippen LogP contribution in [0.15, 0.2) is 30.3 Å².